The molecule has 1 aromatic rings. The molecule has 0 aliphatic carbocycles. The first kappa shape index (κ1) is 12.7. The van der Waals surface area contributed by atoms with Crippen LogP contribution in [0.3, 0.4) is 0 Å². The van der Waals surface area contributed by atoms with Gasteiger partial charge in [-0.1, -0.05) is 15.9 Å². The number of alkyl halides is 1. The highest BCUT2D eigenvalue weighted by molar-refractivity contribution is 9.10. The average Bonchev–Trinajstić information content (AvgIpc) is 2.64. The molecule has 1 rings (SSSR count). The first-order chi connectivity index (χ1) is 6.91. The molecule has 0 aliphatic heterocycles. The van der Waals surface area contributed by atoms with E-state index in [1.807, 2.05) is 16.8 Å². The summed E-state index contributed by atoms with van der Waals surface area (Å²) in [5.41, 5.74) is 0.840. The van der Waals surface area contributed by atoms with E-state index in [-0.39, 0.29) is 12.5 Å². The number of halogens is 1. The predicted octanol–water partition coefficient (Wildman–Crippen LogP) is 2.07. The Morgan fingerprint density at radius 3 is 2.87 bits per heavy atom. The van der Waals surface area contributed by atoms with Crippen molar-refractivity contribution in [2.45, 2.75) is 24.3 Å². The summed E-state index contributed by atoms with van der Waals surface area (Å²) in [6, 6.07) is 1.85. The zero-order valence-electron chi connectivity index (χ0n) is 8.66. The highest BCUT2D eigenvalue weighted by atomic mass is 79.9. The lowest BCUT2D eigenvalue weighted by Crippen LogP contribution is -2.39. The lowest BCUT2D eigenvalue weighted by molar-refractivity contribution is -0.122. The summed E-state index contributed by atoms with van der Waals surface area (Å²) in [6.07, 6.45) is -0.630. The summed E-state index contributed by atoms with van der Waals surface area (Å²) in [7, 11) is 0. The molecule has 3 nitrogen and oxygen atoms in total. The quantitative estimate of drug-likeness (QED) is 0.835. The van der Waals surface area contributed by atoms with E-state index in [0.29, 0.717) is 0 Å². The van der Waals surface area contributed by atoms with Gasteiger partial charge in [-0.05, 0) is 36.2 Å². The lowest BCUT2D eigenvalue weighted by atomic mass is 10.1. The Labute approximate surface area is 102 Å². The van der Waals surface area contributed by atoms with E-state index >= 15 is 0 Å². The van der Waals surface area contributed by atoms with Crippen LogP contribution in [-0.2, 0) is 4.79 Å². The molecular formula is C10H14BrNO2S. The number of aliphatic hydroxyl groups excluding tert-OH is 1. The van der Waals surface area contributed by atoms with E-state index in [2.05, 4.69) is 21.2 Å². The largest absolute Gasteiger partial charge is 0.387 e. The van der Waals surface area contributed by atoms with Crippen molar-refractivity contribution in [3.05, 3.63) is 22.4 Å². The fourth-order valence-corrected chi connectivity index (χ4v) is 1.83. The second kappa shape index (κ2) is 5.09. The molecular weight excluding hydrogens is 278 g/mol. The molecule has 5 heteroatoms. The summed E-state index contributed by atoms with van der Waals surface area (Å²) in [4.78, 5) is 11.5. The van der Waals surface area contributed by atoms with E-state index in [1.165, 1.54) is 11.3 Å². The van der Waals surface area contributed by atoms with Crippen LogP contribution in [-0.4, -0.2) is 21.9 Å². The molecule has 1 unspecified atom stereocenters. The lowest BCUT2D eigenvalue weighted by Gasteiger charge is -2.17. The molecule has 0 radical (unpaired) electrons. The van der Waals surface area contributed by atoms with Crippen LogP contribution in [0.4, 0.5) is 0 Å². The number of thiophene rings is 1. The van der Waals surface area contributed by atoms with Gasteiger partial charge < -0.3 is 10.4 Å². The zero-order valence-corrected chi connectivity index (χ0v) is 11.1. The molecule has 0 saturated heterocycles. The second-order valence-corrected chi connectivity index (χ2v) is 6.52. The van der Waals surface area contributed by atoms with Gasteiger partial charge in [0.05, 0.1) is 10.4 Å². The van der Waals surface area contributed by atoms with Gasteiger partial charge in [-0.15, -0.1) is 0 Å². The normalized spacial score (nSPS) is 13.6. The number of carbonyl (C=O) groups excluding carboxylic acids is 1. The van der Waals surface area contributed by atoms with Crippen LogP contribution in [0.5, 0.6) is 0 Å². The van der Waals surface area contributed by atoms with Crippen molar-refractivity contribution in [2.24, 2.45) is 0 Å². The molecule has 84 valence electrons. The molecule has 0 aliphatic rings. The van der Waals surface area contributed by atoms with Crippen LogP contribution in [0.15, 0.2) is 16.8 Å². The van der Waals surface area contributed by atoms with Gasteiger partial charge in [0, 0.05) is 6.54 Å². The maximum Gasteiger partial charge on any atom is 0.236 e. The van der Waals surface area contributed by atoms with Crippen molar-refractivity contribution in [1.82, 2.24) is 5.32 Å². The van der Waals surface area contributed by atoms with Gasteiger partial charge in [0.1, 0.15) is 0 Å². The average molecular weight is 292 g/mol. The zero-order chi connectivity index (χ0) is 11.5. The van der Waals surface area contributed by atoms with Crippen molar-refractivity contribution >= 4 is 33.2 Å². The van der Waals surface area contributed by atoms with E-state index in [4.69, 9.17) is 0 Å². The van der Waals surface area contributed by atoms with Crippen LogP contribution in [0.2, 0.25) is 0 Å². The summed E-state index contributed by atoms with van der Waals surface area (Å²) >= 11 is 4.78. The molecule has 1 amide bonds. The number of hydrogen-bond donors (Lipinski definition) is 2. The van der Waals surface area contributed by atoms with Gasteiger partial charge in [0.25, 0.3) is 0 Å². The molecule has 1 heterocycles. The number of rotatable bonds is 4. The smallest absolute Gasteiger partial charge is 0.236 e. The summed E-state index contributed by atoms with van der Waals surface area (Å²) in [6.45, 7) is 3.77. The van der Waals surface area contributed by atoms with E-state index in [1.54, 1.807) is 13.8 Å². The molecule has 1 aromatic heterocycles. The number of carbonyl (C=O) groups is 1. The number of nitrogens with one attached hydrogen (secondary N) is 1. The minimum atomic E-state index is -0.630. The first-order valence-corrected chi connectivity index (χ1v) is 6.32. The maximum absolute atomic E-state index is 11.5. The highest BCUT2D eigenvalue weighted by Crippen LogP contribution is 2.17. The number of hydrogen-bond acceptors (Lipinski definition) is 3. The topological polar surface area (TPSA) is 49.3 Å². The van der Waals surface area contributed by atoms with Crippen molar-refractivity contribution in [3.8, 4) is 0 Å². The second-order valence-electron chi connectivity index (χ2n) is 3.75. The van der Waals surface area contributed by atoms with Crippen LogP contribution >= 0.6 is 27.3 Å². The minimum absolute atomic E-state index is 0.128. The van der Waals surface area contributed by atoms with E-state index < -0.39 is 10.4 Å². The Morgan fingerprint density at radius 2 is 2.40 bits per heavy atom. The fourth-order valence-electron chi connectivity index (χ4n) is 0.982. The van der Waals surface area contributed by atoms with Crippen molar-refractivity contribution < 1.29 is 9.90 Å². The Hall–Kier alpha value is -0.390. The van der Waals surface area contributed by atoms with Gasteiger partial charge >= 0.3 is 0 Å². The maximum atomic E-state index is 11.5. The van der Waals surface area contributed by atoms with Crippen LogP contribution in [0.25, 0.3) is 0 Å². The third-order valence-electron chi connectivity index (χ3n) is 1.92. The van der Waals surface area contributed by atoms with Crippen molar-refractivity contribution in [2.75, 3.05) is 6.54 Å². The molecule has 15 heavy (non-hydrogen) atoms. The third-order valence-corrected chi connectivity index (χ3v) is 2.99. The molecule has 0 spiro atoms. The van der Waals surface area contributed by atoms with E-state index in [0.717, 1.165) is 5.56 Å². The first-order valence-electron chi connectivity index (χ1n) is 4.58. The molecule has 1 atom stereocenters. The molecule has 0 saturated carbocycles. The van der Waals surface area contributed by atoms with Crippen molar-refractivity contribution in [1.29, 1.82) is 0 Å². The van der Waals surface area contributed by atoms with Crippen LogP contribution in [0.1, 0.15) is 25.5 Å². The Morgan fingerprint density at radius 1 is 1.73 bits per heavy atom. The predicted molar refractivity (Wildman–Crippen MR) is 65.3 cm³/mol. The van der Waals surface area contributed by atoms with E-state index in [9.17, 15) is 9.90 Å². The van der Waals surface area contributed by atoms with Gasteiger partial charge in [0.2, 0.25) is 5.91 Å². The van der Waals surface area contributed by atoms with Crippen LogP contribution in [0, 0.1) is 0 Å². The number of aliphatic hydroxyl groups is 1. The van der Waals surface area contributed by atoms with Crippen LogP contribution < -0.4 is 5.32 Å². The molecule has 0 bridgehead atoms. The van der Waals surface area contributed by atoms with Gasteiger partial charge in [-0.3, -0.25) is 4.79 Å². The SMILES string of the molecule is CC(C)(Br)C(=O)NCC(O)c1ccsc1. The Bertz CT molecular complexity index is 319. The Balaban J connectivity index is 2.42. The summed E-state index contributed by atoms with van der Waals surface area (Å²) < 4.78 is -0.596. The summed E-state index contributed by atoms with van der Waals surface area (Å²) in [5.74, 6) is -0.128. The van der Waals surface area contributed by atoms with Gasteiger partial charge in [-0.2, -0.15) is 11.3 Å². The van der Waals surface area contributed by atoms with Gasteiger partial charge in [0.15, 0.2) is 0 Å². The highest BCUT2D eigenvalue weighted by Gasteiger charge is 2.23. The monoisotopic (exact) mass is 291 g/mol. The van der Waals surface area contributed by atoms with Crippen molar-refractivity contribution in [3.63, 3.8) is 0 Å². The summed E-state index contributed by atoms with van der Waals surface area (Å²) in [5, 5.41) is 16.1. The molecule has 2 N–H and O–H groups in total. The molecule has 0 aromatic carbocycles. The minimum Gasteiger partial charge on any atom is -0.387 e. The molecule has 0 fully saturated rings. The number of amides is 1. The van der Waals surface area contributed by atoms with Gasteiger partial charge in [-0.25, -0.2) is 0 Å². The Kier molecular flexibility index (Phi) is 4.31. The third kappa shape index (κ3) is 3.93. The standard InChI is InChI=1S/C10H14BrNO2S/c1-10(2,11)9(14)12-5-8(13)7-3-4-15-6-7/h3-4,6,8,13H,5H2,1-2H3,(H,12,14). The fraction of sp³-hybridized carbons (Fsp3) is 0.500.